The standard InChI is InChI=1S/C27H32BNO2/c1-16-8-9-25(18(3)10-16)22-13-23(26-19(4)11-17(2)12-20(26)5)15-24(14-22)28-30-21(6)27(7,29)31-28/h8-15,21H,29H2,1-7H3. The smallest absolute Gasteiger partial charge is 0.400 e. The predicted molar refractivity (Wildman–Crippen MR) is 131 cm³/mol. The zero-order valence-electron chi connectivity index (χ0n) is 19.7. The van der Waals surface area contributed by atoms with Crippen LogP contribution in [0.5, 0.6) is 0 Å². The Morgan fingerprint density at radius 2 is 1.42 bits per heavy atom. The highest BCUT2D eigenvalue weighted by Crippen LogP contribution is 2.33. The fourth-order valence-electron chi connectivity index (χ4n) is 4.68. The molecule has 3 nitrogen and oxygen atoms in total. The third kappa shape index (κ3) is 4.20. The number of nitrogens with two attached hydrogens (primary N) is 1. The molecule has 3 aromatic rings. The van der Waals surface area contributed by atoms with Crippen molar-refractivity contribution in [1.82, 2.24) is 0 Å². The maximum absolute atomic E-state index is 6.31. The van der Waals surface area contributed by atoms with Crippen LogP contribution in [0.2, 0.25) is 0 Å². The van der Waals surface area contributed by atoms with Gasteiger partial charge in [-0.15, -0.1) is 0 Å². The van der Waals surface area contributed by atoms with Crippen LogP contribution in [-0.4, -0.2) is 18.9 Å². The van der Waals surface area contributed by atoms with E-state index in [4.69, 9.17) is 15.0 Å². The SMILES string of the molecule is Cc1ccc(-c2cc(B3OC(C)C(C)(N)O3)cc(-c3c(C)cc(C)cc3C)c2)c(C)c1. The van der Waals surface area contributed by atoms with Crippen molar-refractivity contribution in [2.45, 2.75) is 60.3 Å². The van der Waals surface area contributed by atoms with Gasteiger partial charge in [0.25, 0.3) is 0 Å². The van der Waals surface area contributed by atoms with E-state index >= 15 is 0 Å². The minimum absolute atomic E-state index is 0.187. The van der Waals surface area contributed by atoms with Crippen molar-refractivity contribution in [1.29, 1.82) is 0 Å². The molecule has 4 rings (SSSR count). The van der Waals surface area contributed by atoms with Gasteiger partial charge < -0.3 is 15.0 Å². The van der Waals surface area contributed by atoms with E-state index in [1.807, 2.05) is 13.8 Å². The highest BCUT2D eigenvalue weighted by molar-refractivity contribution is 6.62. The van der Waals surface area contributed by atoms with E-state index in [1.165, 1.54) is 44.5 Å². The van der Waals surface area contributed by atoms with Gasteiger partial charge in [0.15, 0.2) is 0 Å². The van der Waals surface area contributed by atoms with Gasteiger partial charge in [-0.05, 0) is 98.9 Å². The van der Waals surface area contributed by atoms with Crippen molar-refractivity contribution in [2.24, 2.45) is 5.73 Å². The van der Waals surface area contributed by atoms with Gasteiger partial charge in [-0.2, -0.15) is 0 Å². The van der Waals surface area contributed by atoms with Gasteiger partial charge in [-0.3, -0.25) is 0 Å². The fraction of sp³-hybridized carbons (Fsp3) is 0.333. The molecular formula is C27H32BNO2. The Labute approximate surface area is 186 Å². The Hall–Kier alpha value is -2.40. The topological polar surface area (TPSA) is 44.5 Å². The summed E-state index contributed by atoms with van der Waals surface area (Å²) in [6.45, 7) is 14.6. The Kier molecular flexibility index (Phi) is 5.59. The largest absolute Gasteiger partial charge is 0.495 e. The van der Waals surface area contributed by atoms with Crippen LogP contribution in [0.4, 0.5) is 0 Å². The van der Waals surface area contributed by atoms with Crippen LogP contribution in [0.25, 0.3) is 22.3 Å². The molecule has 2 unspecified atom stereocenters. The summed E-state index contributed by atoms with van der Waals surface area (Å²) >= 11 is 0. The molecule has 1 aliphatic heterocycles. The number of benzene rings is 3. The predicted octanol–water partition coefficient (Wildman–Crippen LogP) is 5.37. The summed E-state index contributed by atoms with van der Waals surface area (Å²) in [7, 11) is -0.486. The lowest BCUT2D eigenvalue weighted by molar-refractivity contribution is 0.0716. The van der Waals surface area contributed by atoms with Crippen molar-refractivity contribution >= 4 is 12.6 Å². The van der Waals surface area contributed by atoms with Crippen LogP contribution in [0.15, 0.2) is 48.5 Å². The Bertz CT molecular complexity index is 1130. The molecule has 0 aromatic heterocycles. The molecule has 0 amide bonds. The van der Waals surface area contributed by atoms with Crippen molar-refractivity contribution in [2.75, 3.05) is 0 Å². The normalized spacial score (nSPS) is 21.0. The number of rotatable bonds is 3. The fourth-order valence-corrected chi connectivity index (χ4v) is 4.68. The van der Waals surface area contributed by atoms with E-state index in [0.29, 0.717) is 0 Å². The highest BCUT2D eigenvalue weighted by atomic mass is 16.7. The molecule has 0 spiro atoms. The van der Waals surface area contributed by atoms with E-state index in [9.17, 15) is 0 Å². The molecule has 1 saturated heterocycles. The average Bonchev–Trinajstić information content (AvgIpc) is 2.93. The molecule has 4 heteroatoms. The molecular weight excluding hydrogens is 381 g/mol. The summed E-state index contributed by atoms with van der Waals surface area (Å²) < 4.78 is 12.2. The highest BCUT2D eigenvalue weighted by Gasteiger charge is 2.44. The Balaban J connectivity index is 1.92. The Morgan fingerprint density at radius 1 is 0.806 bits per heavy atom. The second kappa shape index (κ2) is 7.94. The maximum Gasteiger partial charge on any atom is 0.495 e. The van der Waals surface area contributed by atoms with Crippen LogP contribution in [0, 0.1) is 34.6 Å². The quantitative estimate of drug-likeness (QED) is 0.588. The summed E-state index contributed by atoms with van der Waals surface area (Å²) in [6.07, 6.45) is -0.187. The lowest BCUT2D eigenvalue weighted by atomic mass is 9.75. The van der Waals surface area contributed by atoms with Gasteiger partial charge >= 0.3 is 7.12 Å². The molecule has 160 valence electrons. The number of hydrogen-bond acceptors (Lipinski definition) is 3. The van der Waals surface area contributed by atoms with Crippen LogP contribution in [0.3, 0.4) is 0 Å². The van der Waals surface area contributed by atoms with Crippen LogP contribution < -0.4 is 11.2 Å². The molecule has 31 heavy (non-hydrogen) atoms. The van der Waals surface area contributed by atoms with E-state index in [0.717, 1.165) is 11.0 Å². The van der Waals surface area contributed by atoms with Crippen molar-refractivity contribution in [3.63, 3.8) is 0 Å². The first-order valence-corrected chi connectivity index (χ1v) is 11.0. The Morgan fingerprint density at radius 3 is 2.00 bits per heavy atom. The summed E-state index contributed by atoms with van der Waals surface area (Å²) in [5.74, 6) is 0. The molecule has 3 aromatic carbocycles. The molecule has 1 fully saturated rings. The zero-order chi connectivity index (χ0) is 22.5. The van der Waals surface area contributed by atoms with E-state index in [1.54, 1.807) is 0 Å². The second-order valence-electron chi connectivity index (χ2n) is 9.35. The van der Waals surface area contributed by atoms with Gasteiger partial charge in [0, 0.05) is 0 Å². The van der Waals surface area contributed by atoms with Crippen LogP contribution >= 0.6 is 0 Å². The van der Waals surface area contributed by atoms with E-state index in [2.05, 4.69) is 83.1 Å². The third-order valence-corrected chi connectivity index (χ3v) is 6.38. The van der Waals surface area contributed by atoms with Crippen molar-refractivity contribution in [3.8, 4) is 22.3 Å². The monoisotopic (exact) mass is 413 g/mol. The molecule has 1 aliphatic rings. The van der Waals surface area contributed by atoms with Crippen molar-refractivity contribution in [3.05, 3.63) is 76.3 Å². The average molecular weight is 413 g/mol. The molecule has 0 bridgehead atoms. The van der Waals surface area contributed by atoms with Crippen LogP contribution in [0.1, 0.15) is 41.7 Å². The second-order valence-corrected chi connectivity index (χ2v) is 9.35. The zero-order valence-corrected chi connectivity index (χ0v) is 19.7. The van der Waals surface area contributed by atoms with Crippen LogP contribution in [-0.2, 0) is 9.31 Å². The van der Waals surface area contributed by atoms with Gasteiger partial charge in [0.2, 0.25) is 0 Å². The van der Waals surface area contributed by atoms with Gasteiger partial charge in [-0.1, -0.05) is 53.6 Å². The molecule has 2 atom stereocenters. The minimum Gasteiger partial charge on any atom is -0.400 e. The van der Waals surface area contributed by atoms with E-state index < -0.39 is 12.8 Å². The van der Waals surface area contributed by atoms with E-state index in [-0.39, 0.29) is 6.10 Å². The summed E-state index contributed by atoms with van der Waals surface area (Å²) in [5.41, 5.74) is 17.6. The first-order valence-electron chi connectivity index (χ1n) is 11.0. The first kappa shape index (κ1) is 21.8. The summed E-state index contributed by atoms with van der Waals surface area (Å²) in [4.78, 5) is 0. The first-order chi connectivity index (χ1) is 14.5. The summed E-state index contributed by atoms with van der Waals surface area (Å²) in [5, 5.41) is 0. The summed E-state index contributed by atoms with van der Waals surface area (Å²) in [6, 6.07) is 17.7. The lowest BCUT2D eigenvalue weighted by Gasteiger charge is -2.21. The molecule has 0 radical (unpaired) electrons. The number of aryl methyl sites for hydroxylation is 5. The third-order valence-electron chi connectivity index (χ3n) is 6.38. The molecule has 1 heterocycles. The molecule has 0 aliphatic carbocycles. The van der Waals surface area contributed by atoms with Gasteiger partial charge in [0.05, 0.1) is 6.10 Å². The molecule has 2 N–H and O–H groups in total. The number of hydrogen-bond donors (Lipinski definition) is 1. The molecule has 0 saturated carbocycles. The lowest BCUT2D eigenvalue weighted by Crippen LogP contribution is -2.45. The van der Waals surface area contributed by atoms with Gasteiger partial charge in [-0.25, -0.2) is 0 Å². The van der Waals surface area contributed by atoms with Crippen molar-refractivity contribution < 1.29 is 9.31 Å². The van der Waals surface area contributed by atoms with Gasteiger partial charge in [0.1, 0.15) is 5.72 Å². The maximum atomic E-state index is 6.31. The minimum atomic E-state index is -0.809.